The molecule has 0 atom stereocenters. The van der Waals surface area contributed by atoms with E-state index in [1.807, 2.05) is 0 Å². The minimum absolute atomic E-state index is 0.00558. The predicted molar refractivity (Wildman–Crippen MR) is 72.8 cm³/mol. The van der Waals surface area contributed by atoms with Crippen LogP contribution in [-0.2, 0) is 9.59 Å². The van der Waals surface area contributed by atoms with Crippen LogP contribution in [0.15, 0.2) is 18.2 Å². The number of amides is 1. The number of carboxylic acids is 1. The average molecular weight is 301 g/mol. The molecule has 0 fully saturated rings. The highest BCUT2D eigenvalue weighted by Gasteiger charge is 2.16. The van der Waals surface area contributed by atoms with Crippen molar-refractivity contribution < 1.29 is 19.6 Å². The summed E-state index contributed by atoms with van der Waals surface area (Å²) in [5.41, 5.74) is -0.209. The first-order chi connectivity index (χ1) is 9.40. The zero-order valence-electron chi connectivity index (χ0n) is 10.5. The molecule has 0 aliphatic heterocycles. The molecule has 0 unspecified atom stereocenters. The van der Waals surface area contributed by atoms with Crippen molar-refractivity contribution in [3.8, 4) is 0 Å². The number of nitro groups is 1. The van der Waals surface area contributed by atoms with Crippen LogP contribution in [0.5, 0.6) is 0 Å². The highest BCUT2D eigenvalue weighted by Crippen LogP contribution is 2.27. The lowest BCUT2D eigenvalue weighted by molar-refractivity contribution is -0.383. The third-order valence-corrected chi connectivity index (χ3v) is 2.71. The second kappa shape index (κ2) is 7.44. The van der Waals surface area contributed by atoms with Crippen LogP contribution in [0.1, 0.15) is 25.7 Å². The van der Waals surface area contributed by atoms with E-state index in [0.717, 1.165) is 6.07 Å². The van der Waals surface area contributed by atoms with Gasteiger partial charge in [0.25, 0.3) is 5.69 Å². The molecule has 2 N–H and O–H groups in total. The average Bonchev–Trinajstić information content (AvgIpc) is 2.36. The minimum Gasteiger partial charge on any atom is -0.481 e. The van der Waals surface area contributed by atoms with Gasteiger partial charge in [-0.25, -0.2) is 0 Å². The topological polar surface area (TPSA) is 110 Å². The smallest absolute Gasteiger partial charge is 0.303 e. The molecule has 1 amide bonds. The molecular formula is C12H13ClN2O5. The molecule has 0 heterocycles. The highest BCUT2D eigenvalue weighted by atomic mass is 35.5. The van der Waals surface area contributed by atoms with Gasteiger partial charge in [0.1, 0.15) is 5.69 Å². The molecule has 108 valence electrons. The Labute approximate surface area is 119 Å². The number of hydrogen-bond acceptors (Lipinski definition) is 4. The number of hydrogen-bond donors (Lipinski definition) is 2. The van der Waals surface area contributed by atoms with Crippen molar-refractivity contribution in [2.45, 2.75) is 25.7 Å². The van der Waals surface area contributed by atoms with Gasteiger partial charge in [-0.1, -0.05) is 11.6 Å². The first-order valence-electron chi connectivity index (χ1n) is 5.85. The maximum absolute atomic E-state index is 11.6. The summed E-state index contributed by atoms with van der Waals surface area (Å²) in [6.07, 6.45) is 0.881. The molecule has 0 bridgehead atoms. The van der Waals surface area contributed by atoms with Crippen molar-refractivity contribution >= 4 is 34.9 Å². The number of unbranched alkanes of at least 4 members (excludes halogenated alkanes) is 1. The Morgan fingerprint density at radius 1 is 1.30 bits per heavy atom. The van der Waals surface area contributed by atoms with Crippen LogP contribution >= 0.6 is 11.6 Å². The van der Waals surface area contributed by atoms with Crippen molar-refractivity contribution in [2.24, 2.45) is 0 Å². The largest absolute Gasteiger partial charge is 0.481 e. The van der Waals surface area contributed by atoms with E-state index in [-0.39, 0.29) is 29.2 Å². The summed E-state index contributed by atoms with van der Waals surface area (Å²) in [4.78, 5) is 32.1. The van der Waals surface area contributed by atoms with Gasteiger partial charge in [0, 0.05) is 23.9 Å². The Morgan fingerprint density at radius 2 is 1.95 bits per heavy atom. The van der Waals surface area contributed by atoms with E-state index in [2.05, 4.69) is 5.32 Å². The van der Waals surface area contributed by atoms with Gasteiger partial charge < -0.3 is 10.4 Å². The van der Waals surface area contributed by atoms with Crippen molar-refractivity contribution in [1.29, 1.82) is 0 Å². The van der Waals surface area contributed by atoms with Gasteiger partial charge in [-0.2, -0.15) is 0 Å². The summed E-state index contributed by atoms with van der Waals surface area (Å²) in [5.74, 6) is -1.32. The molecule has 0 saturated heterocycles. The van der Waals surface area contributed by atoms with Gasteiger partial charge in [0.15, 0.2) is 0 Å². The Kier molecular flexibility index (Phi) is 5.92. The maximum atomic E-state index is 11.6. The van der Waals surface area contributed by atoms with Crippen molar-refractivity contribution in [3.63, 3.8) is 0 Å². The molecule has 0 aliphatic rings. The normalized spacial score (nSPS) is 10.1. The fourth-order valence-corrected chi connectivity index (χ4v) is 1.70. The lowest BCUT2D eigenvalue weighted by Crippen LogP contribution is -2.12. The van der Waals surface area contributed by atoms with E-state index in [1.54, 1.807) is 0 Å². The first-order valence-corrected chi connectivity index (χ1v) is 6.23. The third-order valence-electron chi connectivity index (χ3n) is 2.48. The Bertz CT molecular complexity index is 533. The second-order valence-electron chi connectivity index (χ2n) is 4.07. The van der Waals surface area contributed by atoms with Crippen LogP contribution in [-0.4, -0.2) is 21.9 Å². The summed E-state index contributed by atoms with van der Waals surface area (Å²) in [6.45, 7) is 0. The number of aliphatic carboxylic acids is 1. The summed E-state index contributed by atoms with van der Waals surface area (Å²) in [6, 6.07) is 3.95. The number of anilines is 1. The SMILES string of the molecule is O=C(O)CCCCC(=O)Nc1ccc(Cl)cc1[N+](=O)[O-]. The van der Waals surface area contributed by atoms with Crippen LogP contribution in [0, 0.1) is 10.1 Å². The predicted octanol–water partition coefficient (Wildman–Crippen LogP) is 2.83. The van der Waals surface area contributed by atoms with Gasteiger partial charge in [0.2, 0.25) is 5.91 Å². The van der Waals surface area contributed by atoms with Gasteiger partial charge in [-0.3, -0.25) is 19.7 Å². The third kappa shape index (κ3) is 5.23. The zero-order valence-corrected chi connectivity index (χ0v) is 11.2. The van der Waals surface area contributed by atoms with Crippen LogP contribution in [0.2, 0.25) is 5.02 Å². The molecule has 1 rings (SSSR count). The quantitative estimate of drug-likeness (QED) is 0.457. The number of benzene rings is 1. The first kappa shape index (κ1) is 15.9. The van der Waals surface area contributed by atoms with Crippen molar-refractivity contribution in [3.05, 3.63) is 33.3 Å². The van der Waals surface area contributed by atoms with E-state index in [1.165, 1.54) is 12.1 Å². The molecule has 0 aromatic heterocycles. The molecule has 0 radical (unpaired) electrons. The number of nitrogens with zero attached hydrogens (tertiary/aromatic N) is 1. The van der Waals surface area contributed by atoms with E-state index >= 15 is 0 Å². The van der Waals surface area contributed by atoms with Crippen LogP contribution in [0.25, 0.3) is 0 Å². The number of carbonyl (C=O) groups excluding carboxylic acids is 1. The van der Waals surface area contributed by atoms with E-state index < -0.39 is 16.8 Å². The molecular weight excluding hydrogens is 288 g/mol. The number of carboxylic acid groups (broad SMARTS) is 1. The molecule has 7 nitrogen and oxygen atoms in total. The van der Waals surface area contributed by atoms with E-state index in [0.29, 0.717) is 12.8 Å². The van der Waals surface area contributed by atoms with Crippen LogP contribution in [0.4, 0.5) is 11.4 Å². The van der Waals surface area contributed by atoms with Crippen LogP contribution < -0.4 is 5.32 Å². The maximum Gasteiger partial charge on any atom is 0.303 e. The molecule has 8 heteroatoms. The number of halogens is 1. The fourth-order valence-electron chi connectivity index (χ4n) is 1.54. The Morgan fingerprint density at radius 3 is 2.55 bits per heavy atom. The number of rotatable bonds is 7. The monoisotopic (exact) mass is 300 g/mol. The summed E-state index contributed by atoms with van der Waals surface area (Å²) in [7, 11) is 0. The number of carbonyl (C=O) groups is 2. The fraction of sp³-hybridized carbons (Fsp3) is 0.333. The zero-order chi connectivity index (χ0) is 15.1. The van der Waals surface area contributed by atoms with Crippen LogP contribution in [0.3, 0.4) is 0 Å². The second-order valence-corrected chi connectivity index (χ2v) is 4.50. The molecule has 20 heavy (non-hydrogen) atoms. The Balaban J connectivity index is 2.57. The molecule has 1 aromatic carbocycles. The standard InChI is InChI=1S/C12H13ClN2O5/c13-8-5-6-9(10(7-8)15(19)20)14-11(16)3-1-2-4-12(17)18/h5-7H,1-4H2,(H,14,16)(H,17,18). The lowest BCUT2D eigenvalue weighted by atomic mass is 10.2. The summed E-state index contributed by atoms with van der Waals surface area (Å²) < 4.78 is 0. The molecule has 0 spiro atoms. The van der Waals surface area contributed by atoms with Gasteiger partial charge in [-0.05, 0) is 25.0 Å². The van der Waals surface area contributed by atoms with Gasteiger partial charge >= 0.3 is 5.97 Å². The minimum atomic E-state index is -0.918. The summed E-state index contributed by atoms with van der Waals surface area (Å²) >= 11 is 5.66. The van der Waals surface area contributed by atoms with Crippen molar-refractivity contribution in [2.75, 3.05) is 5.32 Å². The molecule has 0 saturated carbocycles. The summed E-state index contributed by atoms with van der Waals surface area (Å²) in [5, 5.41) is 21.9. The van der Waals surface area contributed by atoms with Gasteiger partial charge in [-0.15, -0.1) is 0 Å². The Hall–Kier alpha value is -2.15. The molecule has 1 aromatic rings. The van der Waals surface area contributed by atoms with E-state index in [4.69, 9.17) is 16.7 Å². The molecule has 0 aliphatic carbocycles. The van der Waals surface area contributed by atoms with Gasteiger partial charge in [0.05, 0.1) is 4.92 Å². The number of nitrogens with one attached hydrogen (secondary N) is 1. The lowest BCUT2D eigenvalue weighted by Gasteiger charge is -2.06. The van der Waals surface area contributed by atoms with E-state index in [9.17, 15) is 19.7 Å². The highest BCUT2D eigenvalue weighted by molar-refractivity contribution is 6.31. The van der Waals surface area contributed by atoms with Crippen molar-refractivity contribution in [1.82, 2.24) is 0 Å². The number of nitro benzene ring substituents is 1.